The van der Waals surface area contributed by atoms with Crippen molar-refractivity contribution >= 4 is 17.3 Å². The maximum atomic E-state index is 13.3. The summed E-state index contributed by atoms with van der Waals surface area (Å²) in [6.07, 6.45) is 0. The minimum atomic E-state index is -1.06. The molecule has 0 saturated carbocycles. The number of hydrogen-bond donors (Lipinski definition) is 2. The second kappa shape index (κ2) is 6.10. The van der Waals surface area contributed by atoms with Gasteiger partial charge in [0.1, 0.15) is 5.82 Å². The molecule has 2 aromatic rings. The summed E-state index contributed by atoms with van der Waals surface area (Å²) in [5.74, 6) is -3.22. The molecule has 0 aliphatic carbocycles. The number of hydrogen-bond acceptors (Lipinski definition) is 2. The summed E-state index contributed by atoms with van der Waals surface area (Å²) >= 11 is 0. The van der Waals surface area contributed by atoms with Crippen LogP contribution >= 0.6 is 0 Å². The van der Waals surface area contributed by atoms with Gasteiger partial charge in [-0.25, -0.2) is 13.2 Å². The molecule has 0 atom stereocenters. The average Bonchev–Trinajstić information content (AvgIpc) is 2.43. The number of anilines is 2. The Hall–Kier alpha value is -2.50. The topological polar surface area (TPSA) is 41.1 Å². The SMILES string of the molecule is O=C(CNc1cccc(F)c1F)Nc1ccccc1F. The quantitative estimate of drug-likeness (QED) is 0.903. The monoisotopic (exact) mass is 280 g/mol. The van der Waals surface area contributed by atoms with Gasteiger partial charge in [0.15, 0.2) is 11.6 Å². The summed E-state index contributed by atoms with van der Waals surface area (Å²) in [5, 5.41) is 4.77. The fourth-order valence-corrected chi connectivity index (χ4v) is 1.57. The maximum Gasteiger partial charge on any atom is 0.243 e. The maximum absolute atomic E-state index is 13.3. The zero-order valence-electron chi connectivity index (χ0n) is 10.3. The summed E-state index contributed by atoms with van der Waals surface area (Å²) in [6.45, 7) is -0.311. The highest BCUT2D eigenvalue weighted by atomic mass is 19.2. The van der Waals surface area contributed by atoms with Crippen LogP contribution < -0.4 is 10.6 Å². The minimum absolute atomic E-state index is 0.0269. The number of amides is 1. The van der Waals surface area contributed by atoms with Crippen LogP contribution in [-0.4, -0.2) is 12.5 Å². The highest BCUT2D eigenvalue weighted by Gasteiger charge is 2.10. The third-order valence-electron chi connectivity index (χ3n) is 2.54. The predicted molar refractivity (Wildman–Crippen MR) is 69.9 cm³/mol. The third-order valence-corrected chi connectivity index (χ3v) is 2.54. The third kappa shape index (κ3) is 3.28. The van der Waals surface area contributed by atoms with Crippen LogP contribution in [0.2, 0.25) is 0 Å². The number of nitrogens with one attached hydrogen (secondary N) is 2. The van der Waals surface area contributed by atoms with Crippen LogP contribution in [0.3, 0.4) is 0 Å². The van der Waals surface area contributed by atoms with E-state index in [1.54, 1.807) is 6.07 Å². The van der Waals surface area contributed by atoms with E-state index in [-0.39, 0.29) is 17.9 Å². The molecule has 0 aromatic heterocycles. The van der Waals surface area contributed by atoms with Crippen molar-refractivity contribution in [2.24, 2.45) is 0 Å². The molecular weight excluding hydrogens is 269 g/mol. The van der Waals surface area contributed by atoms with Gasteiger partial charge in [-0.05, 0) is 24.3 Å². The van der Waals surface area contributed by atoms with Crippen LogP contribution in [-0.2, 0) is 4.79 Å². The van der Waals surface area contributed by atoms with Crippen LogP contribution in [0, 0.1) is 17.5 Å². The van der Waals surface area contributed by atoms with Gasteiger partial charge in [0, 0.05) is 0 Å². The molecule has 0 fully saturated rings. The first-order valence-electron chi connectivity index (χ1n) is 5.80. The van der Waals surface area contributed by atoms with E-state index in [0.717, 1.165) is 6.07 Å². The summed E-state index contributed by atoms with van der Waals surface area (Å²) in [5.41, 5.74) is -0.104. The van der Waals surface area contributed by atoms with Crippen molar-refractivity contribution in [1.29, 1.82) is 0 Å². The van der Waals surface area contributed by atoms with Gasteiger partial charge >= 0.3 is 0 Å². The van der Waals surface area contributed by atoms with E-state index in [2.05, 4.69) is 10.6 Å². The Labute approximate surface area is 113 Å². The molecule has 0 unspecified atom stereocenters. The van der Waals surface area contributed by atoms with Gasteiger partial charge in [-0.15, -0.1) is 0 Å². The number of benzene rings is 2. The van der Waals surface area contributed by atoms with Gasteiger partial charge in [-0.3, -0.25) is 4.79 Å². The van der Waals surface area contributed by atoms with Crippen molar-refractivity contribution in [3.05, 3.63) is 59.9 Å². The lowest BCUT2D eigenvalue weighted by molar-refractivity contribution is -0.114. The van der Waals surface area contributed by atoms with Crippen LogP contribution in [0.4, 0.5) is 24.5 Å². The Morgan fingerprint density at radius 3 is 2.30 bits per heavy atom. The second-order valence-corrected chi connectivity index (χ2v) is 3.98. The summed E-state index contributed by atoms with van der Waals surface area (Å²) in [6, 6.07) is 9.25. The number of halogens is 3. The average molecular weight is 280 g/mol. The molecule has 2 rings (SSSR count). The molecule has 0 aliphatic heterocycles. The van der Waals surface area contributed by atoms with Crippen LogP contribution in [0.5, 0.6) is 0 Å². The summed E-state index contributed by atoms with van der Waals surface area (Å²) in [7, 11) is 0. The Bertz CT molecular complexity index is 632. The molecule has 0 spiro atoms. The molecule has 0 saturated heterocycles. The molecule has 104 valence electrons. The first-order chi connectivity index (χ1) is 9.58. The Morgan fingerprint density at radius 1 is 0.900 bits per heavy atom. The van der Waals surface area contributed by atoms with E-state index in [0.29, 0.717) is 0 Å². The lowest BCUT2D eigenvalue weighted by atomic mass is 10.3. The zero-order chi connectivity index (χ0) is 14.5. The molecule has 20 heavy (non-hydrogen) atoms. The van der Waals surface area contributed by atoms with E-state index in [9.17, 15) is 18.0 Å². The van der Waals surface area contributed by atoms with Crippen LogP contribution in [0.15, 0.2) is 42.5 Å². The number of carbonyl (C=O) groups excluding carboxylic acids is 1. The second-order valence-electron chi connectivity index (χ2n) is 3.98. The van der Waals surface area contributed by atoms with E-state index in [1.807, 2.05) is 0 Å². The zero-order valence-corrected chi connectivity index (χ0v) is 10.3. The Balaban J connectivity index is 1.96. The largest absolute Gasteiger partial charge is 0.374 e. The fraction of sp³-hybridized carbons (Fsp3) is 0.0714. The first kappa shape index (κ1) is 13.9. The van der Waals surface area contributed by atoms with Gasteiger partial charge in [0.25, 0.3) is 0 Å². The fourth-order valence-electron chi connectivity index (χ4n) is 1.57. The summed E-state index contributed by atoms with van der Waals surface area (Å²) < 4.78 is 39.5. The van der Waals surface area contributed by atoms with E-state index >= 15 is 0 Å². The van der Waals surface area contributed by atoms with Crippen molar-refractivity contribution in [3.8, 4) is 0 Å². The van der Waals surface area contributed by atoms with Gasteiger partial charge in [0.2, 0.25) is 5.91 Å². The van der Waals surface area contributed by atoms with Crippen molar-refractivity contribution in [3.63, 3.8) is 0 Å². The molecule has 0 radical (unpaired) electrons. The highest BCUT2D eigenvalue weighted by Crippen LogP contribution is 2.16. The normalized spacial score (nSPS) is 10.2. The first-order valence-corrected chi connectivity index (χ1v) is 5.80. The molecule has 2 N–H and O–H groups in total. The number of para-hydroxylation sites is 1. The van der Waals surface area contributed by atoms with Gasteiger partial charge in [-0.1, -0.05) is 18.2 Å². The van der Waals surface area contributed by atoms with Crippen molar-refractivity contribution in [2.45, 2.75) is 0 Å². The predicted octanol–water partition coefficient (Wildman–Crippen LogP) is 3.15. The van der Waals surface area contributed by atoms with Gasteiger partial charge < -0.3 is 10.6 Å². The number of rotatable bonds is 4. The lowest BCUT2D eigenvalue weighted by Gasteiger charge is -2.09. The molecule has 3 nitrogen and oxygen atoms in total. The highest BCUT2D eigenvalue weighted by molar-refractivity contribution is 5.93. The molecule has 0 heterocycles. The molecule has 1 amide bonds. The standard InChI is InChI=1S/C14H11F3N2O/c15-9-4-1-2-6-11(9)19-13(20)8-18-12-7-3-5-10(16)14(12)17/h1-7,18H,8H2,(H,19,20). The van der Waals surface area contributed by atoms with E-state index < -0.39 is 23.4 Å². The molecule has 0 aliphatic rings. The van der Waals surface area contributed by atoms with Gasteiger partial charge in [0.05, 0.1) is 17.9 Å². The van der Waals surface area contributed by atoms with Gasteiger partial charge in [-0.2, -0.15) is 0 Å². The number of carbonyl (C=O) groups is 1. The van der Waals surface area contributed by atoms with Crippen LogP contribution in [0.25, 0.3) is 0 Å². The van der Waals surface area contributed by atoms with E-state index in [1.165, 1.54) is 30.3 Å². The Kier molecular flexibility index (Phi) is 4.24. The van der Waals surface area contributed by atoms with Crippen LogP contribution in [0.1, 0.15) is 0 Å². The Morgan fingerprint density at radius 2 is 1.55 bits per heavy atom. The van der Waals surface area contributed by atoms with Crippen molar-refractivity contribution in [2.75, 3.05) is 17.2 Å². The molecular formula is C14H11F3N2O. The molecule has 2 aromatic carbocycles. The molecule has 6 heteroatoms. The molecule has 0 bridgehead atoms. The smallest absolute Gasteiger partial charge is 0.243 e. The minimum Gasteiger partial charge on any atom is -0.374 e. The van der Waals surface area contributed by atoms with Crippen molar-refractivity contribution < 1.29 is 18.0 Å². The van der Waals surface area contributed by atoms with Crippen molar-refractivity contribution in [1.82, 2.24) is 0 Å². The lowest BCUT2D eigenvalue weighted by Crippen LogP contribution is -2.22. The van der Waals surface area contributed by atoms with E-state index in [4.69, 9.17) is 0 Å². The summed E-state index contributed by atoms with van der Waals surface area (Å²) in [4.78, 5) is 11.6.